The number of carboxylic acid groups (broad SMARTS) is 2. The van der Waals surface area contributed by atoms with Crippen LogP contribution in [0, 0.1) is 13.8 Å². The van der Waals surface area contributed by atoms with Gasteiger partial charge in [-0.2, -0.15) is 0 Å². The van der Waals surface area contributed by atoms with Crippen molar-refractivity contribution in [1.82, 2.24) is 20.6 Å². The number of carboxylic acids is 2. The van der Waals surface area contributed by atoms with Crippen molar-refractivity contribution in [2.45, 2.75) is 65.2 Å². The lowest BCUT2D eigenvalue weighted by Crippen LogP contribution is -2.28. The first kappa shape index (κ1) is 43.5. The lowest BCUT2D eigenvalue weighted by molar-refractivity contribution is -0.140. The van der Waals surface area contributed by atoms with Gasteiger partial charge in [-0.3, -0.25) is 14.6 Å². The number of aliphatic hydroxyl groups excluding tert-OH is 2. The number of pyridine rings is 1. The predicted molar refractivity (Wildman–Crippen MR) is 228 cm³/mol. The molecule has 14 nitrogen and oxygen atoms in total. The number of aromatic nitrogens is 2. The normalized spacial score (nSPS) is 12.3. The number of aliphatic carboxylic acids is 2. The fraction of sp³-hybridized carbons (Fsp3) is 0.289. The van der Waals surface area contributed by atoms with Crippen LogP contribution in [0.3, 0.4) is 0 Å². The second kappa shape index (κ2) is 20.3. The number of hydrogen-bond donors (Lipinski definition) is 7. The molecule has 0 bridgehead atoms. The third-order valence-electron chi connectivity index (χ3n) is 9.95. The molecule has 7 N–H and O–H groups in total. The van der Waals surface area contributed by atoms with E-state index in [1.807, 2.05) is 69.4 Å². The third kappa shape index (κ3) is 11.4. The highest BCUT2D eigenvalue weighted by Crippen LogP contribution is 2.37. The summed E-state index contributed by atoms with van der Waals surface area (Å²) in [5.74, 6) is -0.737. The van der Waals surface area contributed by atoms with Gasteiger partial charge in [0, 0.05) is 68.4 Å². The number of nitrogens with one attached hydrogen (secondary N) is 3. The molecule has 6 aromatic rings. The molecule has 0 spiro atoms. The quantitative estimate of drug-likeness (QED) is 0.0395. The first-order valence-corrected chi connectivity index (χ1v) is 19.8. The molecule has 2 aromatic heterocycles. The van der Waals surface area contributed by atoms with Gasteiger partial charge in [0.2, 0.25) is 5.89 Å². The van der Waals surface area contributed by atoms with Gasteiger partial charge in [0.1, 0.15) is 30.2 Å². The molecule has 60 heavy (non-hydrogen) atoms. The molecule has 0 aliphatic carbocycles. The molecular formula is C45H48ClN5O9. The van der Waals surface area contributed by atoms with E-state index in [4.69, 9.17) is 40.7 Å². The van der Waals surface area contributed by atoms with Crippen LogP contribution in [-0.2, 0) is 35.9 Å². The van der Waals surface area contributed by atoms with Crippen LogP contribution in [-0.4, -0.2) is 74.7 Å². The van der Waals surface area contributed by atoms with Gasteiger partial charge in [-0.15, -0.1) is 0 Å². The lowest BCUT2D eigenvalue weighted by atomic mass is 9.91. The monoisotopic (exact) mass is 837 g/mol. The van der Waals surface area contributed by atoms with E-state index in [1.54, 1.807) is 24.5 Å². The first-order chi connectivity index (χ1) is 28.9. The number of oxazole rings is 1. The number of hydrogen-bond acceptors (Lipinski definition) is 12. The average molecular weight is 838 g/mol. The van der Waals surface area contributed by atoms with Crippen molar-refractivity contribution in [1.29, 1.82) is 0 Å². The summed E-state index contributed by atoms with van der Waals surface area (Å²) in [4.78, 5) is 30.9. The minimum absolute atomic E-state index is 0.0637. The van der Waals surface area contributed by atoms with Crippen LogP contribution in [0.2, 0.25) is 5.02 Å². The van der Waals surface area contributed by atoms with E-state index in [-0.39, 0.29) is 45.7 Å². The Kier molecular flexibility index (Phi) is 14.7. The Morgan fingerprint density at radius 1 is 0.750 bits per heavy atom. The average Bonchev–Trinajstić information content (AvgIpc) is 3.63. The Hall–Kier alpha value is -6.03. The van der Waals surface area contributed by atoms with Crippen LogP contribution in [0.15, 0.2) is 89.6 Å². The van der Waals surface area contributed by atoms with Gasteiger partial charge in [-0.25, -0.2) is 4.98 Å². The number of benzene rings is 4. The molecule has 0 fully saturated rings. The van der Waals surface area contributed by atoms with E-state index in [0.29, 0.717) is 45.6 Å². The third-order valence-corrected chi connectivity index (χ3v) is 10.2. The number of anilines is 1. The van der Waals surface area contributed by atoms with Crippen molar-refractivity contribution in [3.05, 3.63) is 124 Å². The van der Waals surface area contributed by atoms with Gasteiger partial charge in [0.15, 0.2) is 5.58 Å². The molecular weight excluding hydrogens is 790 g/mol. The SMILES string of the molecule is CNc1cncc(COc2cc(OCc3cccc(-c4cccc(-c5nc6ccc(CNC[C@@H](O)CC(=O)O)cc6o5)c4C)c3C)c(Cl)cc2CNC[C@@H](O)CC(=O)O)c1. The van der Waals surface area contributed by atoms with Gasteiger partial charge in [-0.05, 0) is 77.6 Å². The largest absolute Gasteiger partial charge is 0.488 e. The van der Waals surface area contributed by atoms with Crippen LogP contribution in [0.1, 0.15) is 46.2 Å². The Morgan fingerprint density at radius 2 is 1.42 bits per heavy atom. The van der Waals surface area contributed by atoms with Crippen LogP contribution in [0.5, 0.6) is 11.5 Å². The van der Waals surface area contributed by atoms with Gasteiger partial charge in [0.05, 0.1) is 35.8 Å². The van der Waals surface area contributed by atoms with Crippen molar-refractivity contribution in [3.63, 3.8) is 0 Å². The summed E-state index contributed by atoms with van der Waals surface area (Å²) < 4.78 is 18.9. The van der Waals surface area contributed by atoms with Crippen LogP contribution >= 0.6 is 11.6 Å². The number of halogens is 1. The standard InChI is InChI=1S/C45H48ClN5O9/c1-26-30(25-59-41-17-40(58-24-29-12-32(47-3)21-48-19-29)31(14-38(41)46)20-50-23-34(53)16-44(56)57)6-4-7-35(26)36-8-5-9-37(27(36)2)45-51-39-11-10-28(13-42(39)60-45)18-49-22-33(52)15-43(54)55/h4-14,17,19,21,33-34,47,49-50,52-53H,15-16,18,20,22-25H2,1-3H3,(H,54,55)(H,56,57)/t33-,34-/m0/s1. The molecule has 0 radical (unpaired) electrons. The number of aliphatic hydroxyl groups is 2. The Balaban J connectivity index is 1.19. The van der Waals surface area contributed by atoms with E-state index in [9.17, 15) is 19.8 Å². The summed E-state index contributed by atoms with van der Waals surface area (Å²) in [6, 6.07) is 23.2. The van der Waals surface area contributed by atoms with Crippen molar-refractivity contribution in [3.8, 4) is 34.1 Å². The van der Waals surface area contributed by atoms with Crippen LogP contribution in [0.25, 0.3) is 33.7 Å². The van der Waals surface area contributed by atoms with E-state index in [2.05, 4.69) is 33.1 Å². The van der Waals surface area contributed by atoms with Crippen molar-refractivity contribution in [2.24, 2.45) is 0 Å². The van der Waals surface area contributed by atoms with Gasteiger partial charge in [-0.1, -0.05) is 48.0 Å². The molecule has 15 heteroatoms. The fourth-order valence-electron chi connectivity index (χ4n) is 6.77. The minimum Gasteiger partial charge on any atom is -0.488 e. The van der Waals surface area contributed by atoms with E-state index < -0.39 is 24.1 Å². The van der Waals surface area contributed by atoms with E-state index in [0.717, 1.165) is 50.2 Å². The Bertz CT molecular complexity index is 2460. The molecule has 2 atom stereocenters. The summed E-state index contributed by atoms with van der Waals surface area (Å²) in [6.07, 6.45) is 0.689. The maximum atomic E-state index is 11.0. The number of fused-ring (bicyclic) bond motifs is 1. The summed E-state index contributed by atoms with van der Waals surface area (Å²) in [6.45, 7) is 5.41. The molecule has 0 amide bonds. The molecule has 2 heterocycles. The highest BCUT2D eigenvalue weighted by atomic mass is 35.5. The maximum absolute atomic E-state index is 11.0. The van der Waals surface area contributed by atoms with Crippen molar-refractivity contribution in [2.75, 3.05) is 25.5 Å². The van der Waals surface area contributed by atoms with E-state index >= 15 is 0 Å². The summed E-state index contributed by atoms with van der Waals surface area (Å²) in [7, 11) is 1.81. The number of nitrogens with zero attached hydrogens (tertiary/aromatic N) is 2. The second-order valence-corrected chi connectivity index (χ2v) is 14.9. The Labute approximate surface area is 352 Å². The zero-order valence-electron chi connectivity index (χ0n) is 33.5. The summed E-state index contributed by atoms with van der Waals surface area (Å²) in [5.41, 5.74) is 10.4. The molecule has 6 rings (SSSR count). The van der Waals surface area contributed by atoms with Gasteiger partial charge in [0.25, 0.3) is 0 Å². The number of rotatable bonds is 21. The topological polar surface area (TPSA) is 209 Å². The highest BCUT2D eigenvalue weighted by molar-refractivity contribution is 6.32. The fourth-order valence-corrected chi connectivity index (χ4v) is 7.01. The minimum atomic E-state index is -1.09. The molecule has 4 aromatic carbocycles. The van der Waals surface area contributed by atoms with Gasteiger partial charge >= 0.3 is 11.9 Å². The second-order valence-electron chi connectivity index (χ2n) is 14.5. The molecule has 0 unspecified atom stereocenters. The van der Waals surface area contributed by atoms with Crippen LogP contribution < -0.4 is 25.4 Å². The molecule has 314 valence electrons. The Morgan fingerprint density at radius 3 is 2.13 bits per heavy atom. The zero-order valence-corrected chi connectivity index (χ0v) is 34.3. The zero-order chi connectivity index (χ0) is 42.8. The molecule has 0 saturated heterocycles. The van der Waals surface area contributed by atoms with E-state index in [1.165, 1.54) is 0 Å². The summed E-state index contributed by atoms with van der Waals surface area (Å²) in [5, 5.41) is 47.4. The first-order valence-electron chi connectivity index (χ1n) is 19.4. The number of ether oxygens (including phenoxy) is 2. The lowest BCUT2D eigenvalue weighted by Gasteiger charge is -2.18. The van der Waals surface area contributed by atoms with Gasteiger partial charge < -0.3 is 50.3 Å². The highest BCUT2D eigenvalue weighted by Gasteiger charge is 2.18. The van der Waals surface area contributed by atoms with Crippen molar-refractivity contribution < 1.29 is 43.9 Å². The molecule has 0 saturated carbocycles. The molecule has 0 aliphatic rings. The predicted octanol–water partition coefficient (Wildman–Crippen LogP) is 6.88. The summed E-state index contributed by atoms with van der Waals surface area (Å²) >= 11 is 6.79. The number of carbonyl (C=O) groups is 2. The van der Waals surface area contributed by atoms with Crippen molar-refractivity contribution >= 4 is 40.3 Å². The maximum Gasteiger partial charge on any atom is 0.306 e. The smallest absolute Gasteiger partial charge is 0.306 e. The van der Waals surface area contributed by atoms with Crippen LogP contribution in [0.4, 0.5) is 5.69 Å². The molecule has 0 aliphatic heterocycles.